The van der Waals surface area contributed by atoms with Gasteiger partial charge >= 0.3 is 0 Å². The molecule has 1 amide bonds. The SMILES string of the molecule is CCOCCOCCOCCOCCOCCOCCOCCOCCC(=O)NCCCC[C@H](CCN)C(=O)CC. The fraction of sp³-hybridized carbons (Fsp3) is 0.931. The van der Waals surface area contributed by atoms with Crippen LogP contribution in [0.2, 0.25) is 0 Å². The molecule has 0 aliphatic carbocycles. The van der Waals surface area contributed by atoms with Crippen molar-refractivity contribution in [1.29, 1.82) is 0 Å². The smallest absolute Gasteiger partial charge is 0.222 e. The molecule has 0 aromatic rings. The van der Waals surface area contributed by atoms with Crippen LogP contribution in [0.5, 0.6) is 0 Å². The monoisotopic (exact) mass is 594 g/mol. The van der Waals surface area contributed by atoms with E-state index in [2.05, 4.69) is 5.32 Å². The fourth-order valence-corrected chi connectivity index (χ4v) is 3.64. The normalized spacial score (nSPS) is 12.1. The lowest BCUT2D eigenvalue weighted by molar-refractivity contribution is -0.123. The van der Waals surface area contributed by atoms with Gasteiger partial charge in [-0.1, -0.05) is 13.3 Å². The first kappa shape index (κ1) is 39.8. The topological polar surface area (TPSA) is 146 Å². The highest BCUT2D eigenvalue weighted by atomic mass is 16.6. The Morgan fingerprint density at radius 2 is 1.00 bits per heavy atom. The Bertz CT molecular complexity index is 572. The van der Waals surface area contributed by atoms with E-state index in [0.717, 1.165) is 25.7 Å². The van der Waals surface area contributed by atoms with Crippen molar-refractivity contribution in [3.05, 3.63) is 0 Å². The lowest BCUT2D eigenvalue weighted by Crippen LogP contribution is -2.26. The highest BCUT2D eigenvalue weighted by Crippen LogP contribution is 2.14. The molecule has 0 saturated carbocycles. The third-order valence-corrected chi connectivity index (χ3v) is 5.90. The van der Waals surface area contributed by atoms with Gasteiger partial charge in [-0.15, -0.1) is 0 Å². The Hall–Kier alpha value is -1.22. The molecule has 0 heterocycles. The molecular weight excluding hydrogens is 536 g/mol. The molecule has 12 heteroatoms. The molecule has 0 fully saturated rings. The second-order valence-electron chi connectivity index (χ2n) is 9.17. The van der Waals surface area contributed by atoms with E-state index in [0.29, 0.717) is 132 Å². The van der Waals surface area contributed by atoms with Crippen LogP contribution in [0.4, 0.5) is 0 Å². The predicted octanol–water partition coefficient (Wildman–Crippen LogP) is 1.76. The molecule has 0 aromatic carbocycles. The number of nitrogens with two attached hydrogens (primary N) is 1. The summed E-state index contributed by atoms with van der Waals surface area (Å²) in [6, 6.07) is 0. The van der Waals surface area contributed by atoms with E-state index < -0.39 is 0 Å². The molecule has 0 bridgehead atoms. The lowest BCUT2D eigenvalue weighted by atomic mass is 9.92. The largest absolute Gasteiger partial charge is 0.379 e. The van der Waals surface area contributed by atoms with Crippen LogP contribution >= 0.6 is 0 Å². The maximum atomic E-state index is 11.9. The van der Waals surface area contributed by atoms with Gasteiger partial charge in [-0.3, -0.25) is 9.59 Å². The molecule has 0 radical (unpaired) electrons. The number of amides is 1. The van der Waals surface area contributed by atoms with Gasteiger partial charge in [0.05, 0.1) is 99.1 Å². The third kappa shape index (κ3) is 30.1. The number of carbonyl (C=O) groups is 2. The van der Waals surface area contributed by atoms with E-state index in [1.54, 1.807) is 0 Å². The van der Waals surface area contributed by atoms with Crippen LogP contribution in [0.25, 0.3) is 0 Å². The van der Waals surface area contributed by atoms with Crippen molar-refractivity contribution >= 4 is 11.7 Å². The van der Waals surface area contributed by atoms with Gasteiger partial charge in [0.15, 0.2) is 0 Å². The summed E-state index contributed by atoms with van der Waals surface area (Å²) in [5.41, 5.74) is 5.60. The predicted molar refractivity (Wildman–Crippen MR) is 156 cm³/mol. The number of hydrogen-bond acceptors (Lipinski definition) is 11. The fourth-order valence-electron chi connectivity index (χ4n) is 3.64. The molecule has 41 heavy (non-hydrogen) atoms. The highest BCUT2D eigenvalue weighted by Gasteiger charge is 2.15. The molecular formula is C29H58N2O10. The van der Waals surface area contributed by atoms with Crippen LogP contribution in [0, 0.1) is 5.92 Å². The third-order valence-electron chi connectivity index (χ3n) is 5.90. The van der Waals surface area contributed by atoms with Crippen molar-refractivity contribution in [3.8, 4) is 0 Å². The minimum Gasteiger partial charge on any atom is -0.379 e. The van der Waals surface area contributed by atoms with Crippen molar-refractivity contribution < 1.29 is 47.5 Å². The molecule has 12 nitrogen and oxygen atoms in total. The second kappa shape index (κ2) is 33.3. The summed E-state index contributed by atoms with van der Waals surface area (Å²) < 4.78 is 43.2. The zero-order valence-electron chi connectivity index (χ0n) is 25.7. The van der Waals surface area contributed by atoms with E-state index in [9.17, 15) is 9.59 Å². The van der Waals surface area contributed by atoms with Gasteiger partial charge in [0.2, 0.25) is 5.91 Å². The van der Waals surface area contributed by atoms with E-state index in [1.807, 2.05) is 13.8 Å². The molecule has 3 N–H and O–H groups in total. The standard InChI is InChI=1S/C29H58N2O10/c1-3-28(32)27(8-10-30)7-5-6-11-31-29(33)9-12-35-15-16-37-19-20-39-23-24-41-26-25-40-22-21-38-18-17-36-14-13-34-4-2/h27H,3-26,30H2,1-2H3,(H,31,33)/t27-/m1/s1. The summed E-state index contributed by atoms with van der Waals surface area (Å²) in [5.74, 6) is 0.301. The molecule has 0 aliphatic heterocycles. The first-order chi connectivity index (χ1) is 20.2. The van der Waals surface area contributed by atoms with Crippen molar-refractivity contribution in [2.45, 2.75) is 52.4 Å². The van der Waals surface area contributed by atoms with Gasteiger partial charge in [0, 0.05) is 31.9 Å². The lowest BCUT2D eigenvalue weighted by Gasteiger charge is -2.13. The van der Waals surface area contributed by atoms with Crippen LogP contribution in [0.15, 0.2) is 0 Å². The van der Waals surface area contributed by atoms with Gasteiger partial charge in [-0.2, -0.15) is 0 Å². The Balaban J connectivity index is 3.25. The van der Waals surface area contributed by atoms with Crippen LogP contribution in [0.1, 0.15) is 52.4 Å². The maximum absolute atomic E-state index is 11.9. The number of nitrogens with one attached hydrogen (secondary N) is 1. The summed E-state index contributed by atoms with van der Waals surface area (Å²) in [6.45, 7) is 13.2. The van der Waals surface area contributed by atoms with Crippen molar-refractivity contribution in [3.63, 3.8) is 0 Å². The number of ketones is 1. The van der Waals surface area contributed by atoms with Crippen LogP contribution < -0.4 is 11.1 Å². The first-order valence-corrected chi connectivity index (χ1v) is 15.3. The van der Waals surface area contributed by atoms with Crippen LogP contribution in [0.3, 0.4) is 0 Å². The Labute approximate surface area is 247 Å². The van der Waals surface area contributed by atoms with Crippen molar-refractivity contribution in [2.75, 3.05) is 119 Å². The summed E-state index contributed by atoms with van der Waals surface area (Å²) >= 11 is 0. The molecule has 0 aliphatic rings. The average Bonchev–Trinajstić information content (AvgIpc) is 2.98. The molecule has 0 saturated heterocycles. The zero-order valence-corrected chi connectivity index (χ0v) is 25.7. The number of ether oxygens (including phenoxy) is 8. The minimum absolute atomic E-state index is 0.0313. The first-order valence-electron chi connectivity index (χ1n) is 15.3. The van der Waals surface area contributed by atoms with E-state index in [-0.39, 0.29) is 17.6 Å². The Morgan fingerprint density at radius 3 is 1.39 bits per heavy atom. The Kier molecular flexibility index (Phi) is 32.3. The van der Waals surface area contributed by atoms with Crippen LogP contribution in [-0.4, -0.2) is 130 Å². The molecule has 0 rings (SSSR count). The van der Waals surface area contributed by atoms with Crippen molar-refractivity contribution in [1.82, 2.24) is 5.32 Å². The summed E-state index contributed by atoms with van der Waals surface area (Å²) in [7, 11) is 0. The van der Waals surface area contributed by atoms with Crippen molar-refractivity contribution in [2.24, 2.45) is 11.7 Å². The van der Waals surface area contributed by atoms with Crippen LogP contribution in [-0.2, 0) is 47.5 Å². The number of unbranched alkanes of at least 4 members (excludes halogenated alkanes) is 1. The van der Waals surface area contributed by atoms with E-state index in [1.165, 1.54) is 0 Å². The Morgan fingerprint density at radius 1 is 0.585 bits per heavy atom. The van der Waals surface area contributed by atoms with Gasteiger partial charge in [-0.05, 0) is 32.7 Å². The van der Waals surface area contributed by atoms with Gasteiger partial charge in [0.25, 0.3) is 0 Å². The average molecular weight is 595 g/mol. The van der Waals surface area contributed by atoms with E-state index in [4.69, 9.17) is 43.6 Å². The molecule has 1 atom stereocenters. The molecule has 0 aromatic heterocycles. The maximum Gasteiger partial charge on any atom is 0.222 e. The molecule has 0 unspecified atom stereocenters. The minimum atomic E-state index is -0.0313. The summed E-state index contributed by atoms with van der Waals surface area (Å²) in [6.07, 6.45) is 4.20. The van der Waals surface area contributed by atoms with Gasteiger partial charge < -0.3 is 48.9 Å². The second-order valence-corrected chi connectivity index (χ2v) is 9.17. The number of Topliss-reactive ketones (excluding diaryl/α,β-unsaturated/α-hetero) is 1. The highest BCUT2D eigenvalue weighted by molar-refractivity contribution is 5.80. The number of hydrogen-bond donors (Lipinski definition) is 2. The van der Waals surface area contributed by atoms with Gasteiger partial charge in [0.1, 0.15) is 5.78 Å². The zero-order chi connectivity index (χ0) is 30.1. The summed E-state index contributed by atoms with van der Waals surface area (Å²) in [4.78, 5) is 23.8. The molecule has 244 valence electrons. The van der Waals surface area contributed by atoms with Gasteiger partial charge in [-0.25, -0.2) is 0 Å². The summed E-state index contributed by atoms with van der Waals surface area (Å²) in [5, 5.41) is 2.89. The van der Waals surface area contributed by atoms with E-state index >= 15 is 0 Å². The molecule has 0 spiro atoms. The number of carbonyl (C=O) groups excluding carboxylic acids is 2. The quantitative estimate of drug-likeness (QED) is 0.105. The number of rotatable bonds is 34.